The van der Waals surface area contributed by atoms with Crippen molar-refractivity contribution >= 4 is 11.7 Å². The fourth-order valence-corrected chi connectivity index (χ4v) is 3.88. The molecule has 3 heterocycles. The first-order valence-electron chi connectivity index (χ1n) is 10.7. The van der Waals surface area contributed by atoms with Crippen LogP contribution in [0.4, 0.5) is 5.69 Å². The Labute approximate surface area is 191 Å². The van der Waals surface area contributed by atoms with Crippen LogP contribution in [-0.2, 0) is 6.61 Å². The maximum absolute atomic E-state index is 11.8. The second kappa shape index (κ2) is 9.08. The molecule has 0 unspecified atom stereocenters. The first-order valence-corrected chi connectivity index (χ1v) is 10.7. The molecule has 0 atom stereocenters. The molecule has 0 radical (unpaired) electrons. The highest BCUT2D eigenvalue weighted by Crippen LogP contribution is 2.32. The van der Waals surface area contributed by atoms with Gasteiger partial charge in [0.2, 0.25) is 0 Å². The van der Waals surface area contributed by atoms with Crippen molar-refractivity contribution in [1.29, 1.82) is 0 Å². The first kappa shape index (κ1) is 20.6. The highest BCUT2D eigenvalue weighted by Gasteiger charge is 2.31. The molecule has 33 heavy (non-hydrogen) atoms. The molecule has 1 aliphatic rings. The van der Waals surface area contributed by atoms with Crippen molar-refractivity contribution in [2.45, 2.75) is 12.7 Å². The van der Waals surface area contributed by atoms with E-state index in [1.54, 1.807) is 24.5 Å². The summed E-state index contributed by atoms with van der Waals surface area (Å²) in [5.74, 6) is 0.592. The molecule has 7 nitrogen and oxygen atoms in total. The summed E-state index contributed by atoms with van der Waals surface area (Å²) in [5, 5.41) is 9.67. The molecule has 0 spiro atoms. The van der Waals surface area contributed by atoms with Crippen molar-refractivity contribution in [2.75, 3.05) is 18.0 Å². The van der Waals surface area contributed by atoms with E-state index >= 15 is 0 Å². The molecule has 1 saturated heterocycles. The molecule has 0 bridgehead atoms. The topological polar surface area (TPSA) is 76.8 Å². The van der Waals surface area contributed by atoms with Gasteiger partial charge in [-0.05, 0) is 54.1 Å². The molecule has 2 aromatic heterocycles. The molecule has 166 valence electrons. The van der Waals surface area contributed by atoms with Gasteiger partial charge in [-0.3, -0.25) is 4.98 Å². The largest absolute Gasteiger partial charge is 0.487 e. The van der Waals surface area contributed by atoms with Crippen LogP contribution in [0.1, 0.15) is 15.9 Å². The standard InChI is InChI=1S/C26H23N3O4/c30-26(31)23-6-3-7-24(25(23)28-13-1-2-14-28)29-16-22(17-29)33-20-10-8-19(9-11-20)18-32-21-5-4-12-27-15-21/h1-15,22H,16-18H2,(H,30,31). The number of aromatic carboxylic acids is 1. The molecule has 5 rings (SSSR count). The molecule has 1 aliphatic heterocycles. The normalized spacial score (nSPS) is 13.4. The summed E-state index contributed by atoms with van der Waals surface area (Å²) in [4.78, 5) is 18.0. The third kappa shape index (κ3) is 4.52. The van der Waals surface area contributed by atoms with E-state index in [0.717, 1.165) is 22.7 Å². The maximum Gasteiger partial charge on any atom is 0.337 e. The van der Waals surface area contributed by atoms with E-state index in [1.165, 1.54) is 0 Å². The van der Waals surface area contributed by atoms with Crippen molar-refractivity contribution in [3.05, 3.63) is 103 Å². The number of hydrogen-bond acceptors (Lipinski definition) is 5. The quantitative estimate of drug-likeness (QED) is 0.436. The summed E-state index contributed by atoms with van der Waals surface area (Å²) in [6.07, 6.45) is 7.16. The molecule has 0 aliphatic carbocycles. The minimum atomic E-state index is -0.943. The van der Waals surface area contributed by atoms with Crippen LogP contribution in [0.3, 0.4) is 0 Å². The molecular formula is C26H23N3O4. The SMILES string of the molecule is O=C(O)c1cccc(N2CC(Oc3ccc(COc4cccnc4)cc3)C2)c1-n1cccc1. The molecule has 2 aromatic carbocycles. The Hall–Kier alpha value is -4.26. The van der Waals surface area contributed by atoms with Gasteiger partial charge >= 0.3 is 5.97 Å². The lowest BCUT2D eigenvalue weighted by atomic mass is 10.1. The number of rotatable bonds is 8. The van der Waals surface area contributed by atoms with Gasteiger partial charge in [-0.25, -0.2) is 4.79 Å². The average molecular weight is 441 g/mol. The van der Waals surface area contributed by atoms with Gasteiger partial charge in [0.25, 0.3) is 0 Å². The van der Waals surface area contributed by atoms with Gasteiger partial charge in [-0.1, -0.05) is 18.2 Å². The van der Waals surface area contributed by atoms with Gasteiger partial charge in [0.1, 0.15) is 24.2 Å². The lowest BCUT2D eigenvalue weighted by Gasteiger charge is -2.41. The molecule has 1 N–H and O–H groups in total. The van der Waals surface area contributed by atoms with Gasteiger partial charge < -0.3 is 24.0 Å². The highest BCUT2D eigenvalue weighted by molar-refractivity contribution is 5.95. The molecule has 1 fully saturated rings. The maximum atomic E-state index is 11.8. The number of aromatic nitrogens is 2. The smallest absolute Gasteiger partial charge is 0.337 e. The van der Waals surface area contributed by atoms with Crippen LogP contribution in [0.5, 0.6) is 11.5 Å². The van der Waals surface area contributed by atoms with Crippen LogP contribution in [0.2, 0.25) is 0 Å². The van der Waals surface area contributed by atoms with Gasteiger partial charge in [0.05, 0.1) is 36.2 Å². The lowest BCUT2D eigenvalue weighted by molar-refractivity contribution is 0.0697. The zero-order valence-corrected chi connectivity index (χ0v) is 17.9. The van der Waals surface area contributed by atoms with Crippen molar-refractivity contribution in [3.8, 4) is 17.2 Å². The molecular weight excluding hydrogens is 418 g/mol. The first-order chi connectivity index (χ1) is 16.2. The van der Waals surface area contributed by atoms with Crippen LogP contribution in [0, 0.1) is 0 Å². The number of nitrogens with zero attached hydrogens (tertiary/aromatic N) is 3. The number of para-hydroxylation sites is 1. The van der Waals surface area contributed by atoms with Crippen LogP contribution in [-0.4, -0.2) is 39.8 Å². The van der Waals surface area contributed by atoms with E-state index in [0.29, 0.717) is 25.4 Å². The Kier molecular flexibility index (Phi) is 5.68. The fourth-order valence-electron chi connectivity index (χ4n) is 3.88. The highest BCUT2D eigenvalue weighted by atomic mass is 16.5. The number of ether oxygens (including phenoxy) is 2. The predicted molar refractivity (Wildman–Crippen MR) is 124 cm³/mol. The van der Waals surface area contributed by atoms with E-state index in [-0.39, 0.29) is 11.7 Å². The van der Waals surface area contributed by atoms with E-state index in [1.807, 2.05) is 71.6 Å². The number of carboxylic acids is 1. The fraction of sp³-hybridized carbons (Fsp3) is 0.154. The summed E-state index contributed by atoms with van der Waals surface area (Å²) in [6.45, 7) is 1.83. The van der Waals surface area contributed by atoms with E-state index in [9.17, 15) is 9.90 Å². The number of pyridine rings is 1. The molecule has 0 saturated carbocycles. The second-order valence-electron chi connectivity index (χ2n) is 7.83. The van der Waals surface area contributed by atoms with Gasteiger partial charge in [-0.15, -0.1) is 0 Å². The van der Waals surface area contributed by atoms with Crippen LogP contribution in [0.25, 0.3) is 5.69 Å². The predicted octanol–water partition coefficient (Wildman–Crippen LogP) is 4.42. The lowest BCUT2D eigenvalue weighted by Crippen LogP contribution is -2.54. The van der Waals surface area contributed by atoms with Gasteiger partial charge in [-0.2, -0.15) is 0 Å². The Morgan fingerprint density at radius 1 is 0.970 bits per heavy atom. The monoisotopic (exact) mass is 441 g/mol. The van der Waals surface area contributed by atoms with Gasteiger partial charge in [0, 0.05) is 18.6 Å². The molecule has 4 aromatic rings. The van der Waals surface area contributed by atoms with Crippen molar-refractivity contribution in [2.24, 2.45) is 0 Å². The Morgan fingerprint density at radius 2 is 1.76 bits per heavy atom. The number of carbonyl (C=O) groups is 1. The Bertz CT molecular complexity index is 1220. The van der Waals surface area contributed by atoms with Crippen LogP contribution < -0.4 is 14.4 Å². The second-order valence-corrected chi connectivity index (χ2v) is 7.83. The van der Waals surface area contributed by atoms with Crippen LogP contribution in [0.15, 0.2) is 91.5 Å². The Morgan fingerprint density at radius 3 is 2.45 bits per heavy atom. The third-order valence-corrected chi connectivity index (χ3v) is 5.56. The minimum Gasteiger partial charge on any atom is -0.487 e. The molecule has 7 heteroatoms. The van der Waals surface area contributed by atoms with E-state index < -0.39 is 5.97 Å². The van der Waals surface area contributed by atoms with E-state index in [2.05, 4.69) is 9.88 Å². The summed E-state index contributed by atoms with van der Waals surface area (Å²) >= 11 is 0. The number of benzene rings is 2. The summed E-state index contributed by atoms with van der Waals surface area (Å²) in [6, 6.07) is 20.7. The summed E-state index contributed by atoms with van der Waals surface area (Å²) in [5.41, 5.74) is 2.88. The number of hydrogen-bond donors (Lipinski definition) is 1. The summed E-state index contributed by atoms with van der Waals surface area (Å²) < 4.78 is 13.7. The van der Waals surface area contributed by atoms with Crippen molar-refractivity contribution < 1.29 is 19.4 Å². The number of carboxylic acid groups (broad SMARTS) is 1. The average Bonchev–Trinajstić information content (AvgIpc) is 3.35. The van der Waals surface area contributed by atoms with E-state index in [4.69, 9.17) is 9.47 Å². The Balaban J connectivity index is 1.21. The third-order valence-electron chi connectivity index (χ3n) is 5.56. The summed E-state index contributed by atoms with van der Waals surface area (Å²) in [7, 11) is 0. The minimum absolute atomic E-state index is 0.0356. The molecule has 0 amide bonds. The van der Waals surface area contributed by atoms with Gasteiger partial charge in [0.15, 0.2) is 0 Å². The zero-order chi connectivity index (χ0) is 22.6. The zero-order valence-electron chi connectivity index (χ0n) is 17.9. The van der Waals surface area contributed by atoms with Crippen molar-refractivity contribution in [3.63, 3.8) is 0 Å². The number of anilines is 1. The van der Waals surface area contributed by atoms with Crippen molar-refractivity contribution in [1.82, 2.24) is 9.55 Å². The van der Waals surface area contributed by atoms with Crippen LogP contribution >= 0.6 is 0 Å².